The minimum Gasteiger partial charge on any atom is -0.310 e. The van der Waals surface area contributed by atoms with Crippen molar-refractivity contribution in [2.75, 3.05) is 6.54 Å². The van der Waals surface area contributed by atoms with Crippen LogP contribution in [-0.2, 0) is 6.54 Å². The molecule has 3 nitrogen and oxygen atoms in total. The number of hydrogen-bond acceptors (Lipinski definition) is 4. The highest BCUT2D eigenvalue weighted by atomic mass is 32.1. The lowest BCUT2D eigenvalue weighted by atomic mass is 10.1. The van der Waals surface area contributed by atoms with E-state index in [-0.39, 0.29) is 0 Å². The molecule has 1 N–H and O–H groups in total. The Labute approximate surface area is 103 Å². The van der Waals surface area contributed by atoms with Gasteiger partial charge in [-0.1, -0.05) is 45.5 Å². The lowest BCUT2D eigenvalue weighted by Gasteiger charge is -2.04. The SMILES string of the molecule is CCCC(C)c1nnc(CNCC(C)C)s1. The number of hydrogen-bond donors (Lipinski definition) is 1. The van der Waals surface area contributed by atoms with Gasteiger partial charge in [0.1, 0.15) is 10.0 Å². The average molecular weight is 241 g/mol. The van der Waals surface area contributed by atoms with Crippen LogP contribution >= 0.6 is 11.3 Å². The van der Waals surface area contributed by atoms with Crippen LogP contribution in [0.1, 0.15) is 56.5 Å². The fourth-order valence-electron chi connectivity index (χ4n) is 1.56. The van der Waals surface area contributed by atoms with Gasteiger partial charge in [0.05, 0.1) is 0 Å². The number of nitrogens with zero attached hydrogens (tertiary/aromatic N) is 2. The van der Waals surface area contributed by atoms with E-state index in [2.05, 4.69) is 43.2 Å². The molecule has 0 saturated heterocycles. The molecule has 0 aliphatic heterocycles. The van der Waals surface area contributed by atoms with E-state index in [1.165, 1.54) is 17.8 Å². The third-order valence-electron chi connectivity index (χ3n) is 2.45. The van der Waals surface area contributed by atoms with Gasteiger partial charge >= 0.3 is 0 Å². The van der Waals surface area contributed by atoms with Crippen molar-refractivity contribution in [3.05, 3.63) is 10.0 Å². The van der Waals surface area contributed by atoms with E-state index in [0.717, 1.165) is 18.1 Å². The smallest absolute Gasteiger partial charge is 0.131 e. The zero-order valence-electron chi connectivity index (χ0n) is 10.8. The first-order chi connectivity index (χ1) is 7.63. The Kier molecular flexibility index (Phi) is 5.91. The zero-order valence-corrected chi connectivity index (χ0v) is 11.6. The van der Waals surface area contributed by atoms with Crippen molar-refractivity contribution in [1.82, 2.24) is 15.5 Å². The summed E-state index contributed by atoms with van der Waals surface area (Å²) >= 11 is 1.75. The molecule has 1 aromatic rings. The van der Waals surface area contributed by atoms with Crippen LogP contribution in [0.2, 0.25) is 0 Å². The second-order valence-corrected chi connectivity index (χ2v) is 5.84. The fraction of sp³-hybridized carbons (Fsp3) is 0.833. The second-order valence-electron chi connectivity index (χ2n) is 4.75. The molecule has 0 spiro atoms. The molecule has 0 aliphatic carbocycles. The third kappa shape index (κ3) is 4.58. The first kappa shape index (κ1) is 13.6. The molecule has 0 bridgehead atoms. The van der Waals surface area contributed by atoms with Crippen LogP contribution < -0.4 is 5.32 Å². The maximum atomic E-state index is 4.26. The predicted molar refractivity (Wildman–Crippen MR) is 69.8 cm³/mol. The van der Waals surface area contributed by atoms with Gasteiger partial charge in [0.25, 0.3) is 0 Å². The molecule has 0 aliphatic rings. The molecule has 0 radical (unpaired) electrons. The van der Waals surface area contributed by atoms with Crippen molar-refractivity contribution in [2.45, 2.75) is 53.0 Å². The van der Waals surface area contributed by atoms with Crippen molar-refractivity contribution in [1.29, 1.82) is 0 Å². The van der Waals surface area contributed by atoms with Crippen molar-refractivity contribution in [3.63, 3.8) is 0 Å². The molecule has 4 heteroatoms. The molecule has 1 heterocycles. The monoisotopic (exact) mass is 241 g/mol. The minimum absolute atomic E-state index is 0.557. The van der Waals surface area contributed by atoms with E-state index in [0.29, 0.717) is 11.8 Å². The first-order valence-corrected chi connectivity index (χ1v) is 6.98. The summed E-state index contributed by atoms with van der Waals surface area (Å²) in [6.07, 6.45) is 2.41. The molecule has 16 heavy (non-hydrogen) atoms. The van der Waals surface area contributed by atoms with Crippen molar-refractivity contribution in [2.24, 2.45) is 5.92 Å². The van der Waals surface area contributed by atoms with Gasteiger partial charge in [0, 0.05) is 12.5 Å². The lowest BCUT2D eigenvalue weighted by Crippen LogP contribution is -2.18. The third-order valence-corrected chi connectivity index (χ3v) is 3.61. The Morgan fingerprint density at radius 1 is 1.25 bits per heavy atom. The van der Waals surface area contributed by atoms with Gasteiger partial charge < -0.3 is 5.32 Å². The van der Waals surface area contributed by atoms with Crippen LogP contribution in [0.25, 0.3) is 0 Å². The molecule has 1 rings (SSSR count). The molecule has 1 unspecified atom stereocenters. The Balaban J connectivity index is 2.39. The van der Waals surface area contributed by atoms with Crippen LogP contribution in [0.5, 0.6) is 0 Å². The molecular weight excluding hydrogens is 218 g/mol. The normalized spacial score (nSPS) is 13.3. The highest BCUT2D eigenvalue weighted by molar-refractivity contribution is 7.11. The highest BCUT2D eigenvalue weighted by Crippen LogP contribution is 2.23. The van der Waals surface area contributed by atoms with Gasteiger partial charge in [-0.05, 0) is 18.9 Å². The van der Waals surface area contributed by atoms with Crippen LogP contribution in [0, 0.1) is 5.92 Å². The minimum atomic E-state index is 0.557. The number of rotatable bonds is 7. The Bertz CT molecular complexity index is 296. The molecule has 92 valence electrons. The van der Waals surface area contributed by atoms with E-state index < -0.39 is 0 Å². The van der Waals surface area contributed by atoms with Crippen LogP contribution in [0.3, 0.4) is 0 Å². The summed E-state index contributed by atoms with van der Waals surface area (Å²) in [5.74, 6) is 1.24. The quantitative estimate of drug-likeness (QED) is 0.796. The molecule has 0 amide bonds. The number of aromatic nitrogens is 2. The van der Waals surface area contributed by atoms with Crippen LogP contribution in [-0.4, -0.2) is 16.7 Å². The molecular formula is C12H23N3S. The van der Waals surface area contributed by atoms with Crippen LogP contribution in [0.15, 0.2) is 0 Å². The maximum absolute atomic E-state index is 4.26. The Hall–Kier alpha value is -0.480. The highest BCUT2D eigenvalue weighted by Gasteiger charge is 2.10. The van der Waals surface area contributed by atoms with Crippen molar-refractivity contribution >= 4 is 11.3 Å². The molecule has 1 aromatic heterocycles. The number of nitrogens with one attached hydrogen (secondary N) is 1. The summed E-state index contributed by atoms with van der Waals surface area (Å²) in [5.41, 5.74) is 0. The largest absolute Gasteiger partial charge is 0.310 e. The standard InChI is InChI=1S/C12H23N3S/c1-5-6-10(4)12-15-14-11(16-12)8-13-7-9(2)3/h9-10,13H,5-8H2,1-4H3. The molecule has 0 fully saturated rings. The van der Waals surface area contributed by atoms with Gasteiger partial charge in [-0.3, -0.25) is 0 Å². The summed E-state index contributed by atoms with van der Waals surface area (Å²) in [6.45, 7) is 10.8. The van der Waals surface area contributed by atoms with Gasteiger partial charge in [-0.25, -0.2) is 0 Å². The summed E-state index contributed by atoms with van der Waals surface area (Å²) in [7, 11) is 0. The maximum Gasteiger partial charge on any atom is 0.131 e. The predicted octanol–water partition coefficient (Wildman–Crippen LogP) is 3.19. The van der Waals surface area contributed by atoms with Crippen molar-refractivity contribution in [3.8, 4) is 0 Å². The molecule has 0 saturated carbocycles. The van der Waals surface area contributed by atoms with E-state index in [1.807, 2.05) is 0 Å². The first-order valence-electron chi connectivity index (χ1n) is 6.16. The summed E-state index contributed by atoms with van der Waals surface area (Å²) in [6, 6.07) is 0. The Morgan fingerprint density at radius 3 is 2.62 bits per heavy atom. The van der Waals surface area contributed by atoms with Gasteiger partial charge in [0.2, 0.25) is 0 Å². The van der Waals surface area contributed by atoms with Gasteiger partial charge in [-0.2, -0.15) is 0 Å². The topological polar surface area (TPSA) is 37.8 Å². The zero-order chi connectivity index (χ0) is 12.0. The Morgan fingerprint density at radius 2 is 2.00 bits per heavy atom. The lowest BCUT2D eigenvalue weighted by molar-refractivity contribution is 0.550. The molecule has 0 aromatic carbocycles. The van der Waals surface area contributed by atoms with E-state index in [9.17, 15) is 0 Å². The fourth-order valence-corrected chi connectivity index (χ4v) is 2.46. The summed E-state index contributed by atoms with van der Waals surface area (Å²) in [4.78, 5) is 0. The van der Waals surface area contributed by atoms with Gasteiger partial charge in [0.15, 0.2) is 0 Å². The molecule has 1 atom stereocenters. The van der Waals surface area contributed by atoms with Gasteiger partial charge in [-0.15, -0.1) is 10.2 Å². The van der Waals surface area contributed by atoms with E-state index >= 15 is 0 Å². The summed E-state index contributed by atoms with van der Waals surface area (Å²) < 4.78 is 0. The average Bonchev–Trinajstić information content (AvgIpc) is 2.66. The van der Waals surface area contributed by atoms with Crippen LogP contribution in [0.4, 0.5) is 0 Å². The second kappa shape index (κ2) is 6.97. The summed E-state index contributed by atoms with van der Waals surface area (Å²) in [5, 5.41) is 14.2. The van der Waals surface area contributed by atoms with E-state index in [4.69, 9.17) is 0 Å². The van der Waals surface area contributed by atoms with E-state index in [1.54, 1.807) is 11.3 Å². The van der Waals surface area contributed by atoms with Crippen molar-refractivity contribution < 1.29 is 0 Å².